The highest BCUT2D eigenvalue weighted by molar-refractivity contribution is 9.10. The molecule has 0 saturated carbocycles. The SMILES string of the molecule is COc1cc(NC(=O)CN2CCN(C(=O)Nc3ccc(Br)cc3)CC2=O)cc(OC)c1. The van der Waals surface area contributed by atoms with E-state index in [0.29, 0.717) is 29.4 Å². The third-order valence-corrected chi connectivity index (χ3v) is 5.20. The van der Waals surface area contributed by atoms with Gasteiger partial charge in [0.25, 0.3) is 0 Å². The van der Waals surface area contributed by atoms with E-state index in [2.05, 4.69) is 26.6 Å². The van der Waals surface area contributed by atoms with Gasteiger partial charge in [-0.15, -0.1) is 0 Å². The van der Waals surface area contributed by atoms with Crippen LogP contribution in [-0.4, -0.2) is 68.0 Å². The summed E-state index contributed by atoms with van der Waals surface area (Å²) in [5.74, 6) is 0.430. The van der Waals surface area contributed by atoms with Crippen molar-refractivity contribution in [2.75, 3.05) is 51.0 Å². The highest BCUT2D eigenvalue weighted by atomic mass is 79.9. The van der Waals surface area contributed by atoms with Crippen LogP contribution in [0.15, 0.2) is 46.9 Å². The quantitative estimate of drug-likeness (QED) is 0.648. The summed E-state index contributed by atoms with van der Waals surface area (Å²) in [6, 6.07) is 11.8. The topological polar surface area (TPSA) is 100 Å². The number of methoxy groups -OCH3 is 2. The summed E-state index contributed by atoms with van der Waals surface area (Å²) in [5, 5.41) is 5.50. The van der Waals surface area contributed by atoms with Crippen molar-refractivity contribution in [1.29, 1.82) is 0 Å². The van der Waals surface area contributed by atoms with E-state index in [0.717, 1.165) is 4.47 Å². The smallest absolute Gasteiger partial charge is 0.322 e. The Bertz CT molecular complexity index is 944. The average Bonchev–Trinajstić information content (AvgIpc) is 2.76. The molecule has 9 nitrogen and oxygen atoms in total. The van der Waals surface area contributed by atoms with Crippen LogP contribution in [0, 0.1) is 0 Å². The van der Waals surface area contributed by atoms with Crippen LogP contribution in [0.1, 0.15) is 0 Å². The van der Waals surface area contributed by atoms with Gasteiger partial charge in [-0.1, -0.05) is 15.9 Å². The Kier molecular flexibility index (Phi) is 7.35. The molecule has 1 saturated heterocycles. The Morgan fingerprint density at radius 3 is 2.19 bits per heavy atom. The number of nitrogens with zero attached hydrogens (tertiary/aromatic N) is 2. The second-order valence-electron chi connectivity index (χ2n) is 6.82. The maximum Gasteiger partial charge on any atom is 0.322 e. The van der Waals surface area contributed by atoms with Gasteiger partial charge in [-0.05, 0) is 24.3 Å². The minimum atomic E-state index is -0.358. The molecule has 2 N–H and O–H groups in total. The number of amides is 4. The van der Waals surface area contributed by atoms with Crippen LogP contribution in [0.25, 0.3) is 0 Å². The van der Waals surface area contributed by atoms with Crippen LogP contribution in [0.4, 0.5) is 16.2 Å². The molecule has 0 aromatic heterocycles. The molecule has 4 amide bonds. The molecule has 1 aliphatic heterocycles. The van der Waals surface area contributed by atoms with Gasteiger partial charge in [-0.3, -0.25) is 9.59 Å². The monoisotopic (exact) mass is 490 g/mol. The third kappa shape index (κ3) is 6.11. The molecule has 164 valence electrons. The van der Waals surface area contributed by atoms with Crippen molar-refractivity contribution < 1.29 is 23.9 Å². The molecule has 1 heterocycles. The van der Waals surface area contributed by atoms with E-state index in [4.69, 9.17) is 9.47 Å². The second kappa shape index (κ2) is 10.2. The number of piperazine rings is 1. The summed E-state index contributed by atoms with van der Waals surface area (Å²) < 4.78 is 11.3. The fraction of sp³-hybridized carbons (Fsp3) is 0.286. The number of halogens is 1. The summed E-state index contributed by atoms with van der Waals surface area (Å²) in [4.78, 5) is 40.2. The second-order valence-corrected chi connectivity index (χ2v) is 7.74. The van der Waals surface area contributed by atoms with E-state index in [1.54, 1.807) is 30.3 Å². The highest BCUT2D eigenvalue weighted by Crippen LogP contribution is 2.25. The lowest BCUT2D eigenvalue weighted by Gasteiger charge is -2.33. The van der Waals surface area contributed by atoms with Crippen molar-refractivity contribution in [3.8, 4) is 11.5 Å². The lowest BCUT2D eigenvalue weighted by Crippen LogP contribution is -2.54. The molecule has 10 heteroatoms. The van der Waals surface area contributed by atoms with Crippen LogP contribution >= 0.6 is 15.9 Å². The van der Waals surface area contributed by atoms with E-state index in [9.17, 15) is 14.4 Å². The van der Waals surface area contributed by atoms with Crippen molar-refractivity contribution in [2.45, 2.75) is 0 Å². The van der Waals surface area contributed by atoms with E-state index in [1.165, 1.54) is 24.0 Å². The molecule has 0 atom stereocenters. The minimum absolute atomic E-state index is 0.0946. The van der Waals surface area contributed by atoms with Gasteiger partial charge in [0.15, 0.2) is 0 Å². The van der Waals surface area contributed by atoms with Gasteiger partial charge in [-0.2, -0.15) is 0 Å². The number of urea groups is 1. The third-order valence-electron chi connectivity index (χ3n) is 4.67. The molecule has 0 aliphatic carbocycles. The summed E-state index contributed by atoms with van der Waals surface area (Å²) in [6.07, 6.45) is 0. The summed E-state index contributed by atoms with van der Waals surface area (Å²) >= 11 is 3.34. The van der Waals surface area contributed by atoms with Crippen LogP contribution < -0.4 is 20.1 Å². The van der Waals surface area contributed by atoms with Gasteiger partial charge in [0, 0.05) is 47.1 Å². The first-order valence-electron chi connectivity index (χ1n) is 9.50. The Hall–Kier alpha value is -3.27. The Morgan fingerprint density at radius 1 is 0.968 bits per heavy atom. The fourth-order valence-electron chi connectivity index (χ4n) is 3.04. The first-order valence-corrected chi connectivity index (χ1v) is 10.3. The van der Waals surface area contributed by atoms with Gasteiger partial charge in [-0.25, -0.2) is 4.79 Å². The molecule has 0 unspecified atom stereocenters. The number of carbonyl (C=O) groups excluding carboxylic acids is 3. The Labute approximate surface area is 188 Å². The van der Waals surface area contributed by atoms with Crippen molar-refractivity contribution in [2.24, 2.45) is 0 Å². The average molecular weight is 491 g/mol. The molecule has 2 aromatic carbocycles. The Morgan fingerprint density at radius 2 is 1.61 bits per heavy atom. The van der Waals surface area contributed by atoms with Crippen LogP contribution in [0.5, 0.6) is 11.5 Å². The van der Waals surface area contributed by atoms with Gasteiger partial charge < -0.3 is 29.9 Å². The summed E-state index contributed by atoms with van der Waals surface area (Å²) in [5.41, 5.74) is 1.14. The van der Waals surface area contributed by atoms with Crippen molar-refractivity contribution >= 4 is 45.2 Å². The zero-order valence-corrected chi connectivity index (χ0v) is 18.8. The fourth-order valence-corrected chi connectivity index (χ4v) is 3.30. The van der Waals surface area contributed by atoms with Crippen LogP contribution in [0.2, 0.25) is 0 Å². The zero-order chi connectivity index (χ0) is 22.4. The zero-order valence-electron chi connectivity index (χ0n) is 17.2. The number of nitrogens with one attached hydrogen (secondary N) is 2. The molecule has 31 heavy (non-hydrogen) atoms. The maximum atomic E-state index is 12.5. The summed E-state index contributed by atoms with van der Waals surface area (Å²) in [6.45, 7) is 0.388. The molecular formula is C21H23BrN4O5. The first kappa shape index (κ1) is 22.4. The lowest BCUT2D eigenvalue weighted by atomic mass is 10.2. The van der Waals surface area contributed by atoms with E-state index < -0.39 is 0 Å². The highest BCUT2D eigenvalue weighted by Gasteiger charge is 2.28. The lowest BCUT2D eigenvalue weighted by molar-refractivity contribution is -0.137. The van der Waals surface area contributed by atoms with Crippen molar-refractivity contribution in [3.05, 3.63) is 46.9 Å². The molecular weight excluding hydrogens is 468 g/mol. The standard InChI is InChI=1S/C21H23BrN4O5/c1-30-17-9-16(10-18(11-17)31-2)23-19(27)12-25-7-8-26(13-20(25)28)21(29)24-15-5-3-14(22)4-6-15/h3-6,9-11H,7-8,12-13H2,1-2H3,(H,23,27)(H,24,29). The first-order chi connectivity index (χ1) is 14.9. The van der Waals surface area contributed by atoms with Gasteiger partial charge >= 0.3 is 6.03 Å². The molecule has 0 radical (unpaired) electrons. The van der Waals surface area contributed by atoms with E-state index >= 15 is 0 Å². The predicted molar refractivity (Wildman–Crippen MR) is 119 cm³/mol. The number of hydrogen-bond donors (Lipinski definition) is 2. The number of hydrogen-bond acceptors (Lipinski definition) is 5. The molecule has 2 aromatic rings. The summed E-state index contributed by atoms with van der Waals surface area (Å²) in [7, 11) is 3.04. The van der Waals surface area contributed by atoms with Gasteiger partial charge in [0.1, 0.15) is 18.0 Å². The van der Waals surface area contributed by atoms with Crippen molar-refractivity contribution in [1.82, 2.24) is 9.80 Å². The molecule has 1 aliphatic rings. The van der Waals surface area contributed by atoms with Gasteiger partial charge in [0.05, 0.1) is 20.8 Å². The minimum Gasteiger partial charge on any atom is -0.497 e. The normalized spacial score (nSPS) is 13.6. The number of benzene rings is 2. The number of ether oxygens (including phenoxy) is 2. The largest absolute Gasteiger partial charge is 0.497 e. The number of rotatable bonds is 6. The molecule has 0 bridgehead atoms. The predicted octanol–water partition coefficient (Wildman–Crippen LogP) is 2.78. The number of carbonyl (C=O) groups is 3. The number of anilines is 2. The van der Waals surface area contributed by atoms with Crippen LogP contribution in [-0.2, 0) is 9.59 Å². The van der Waals surface area contributed by atoms with E-state index in [1.807, 2.05) is 12.1 Å². The van der Waals surface area contributed by atoms with Crippen molar-refractivity contribution in [3.63, 3.8) is 0 Å². The molecule has 3 rings (SSSR count). The Balaban J connectivity index is 1.53. The maximum absolute atomic E-state index is 12.5. The van der Waals surface area contributed by atoms with Crippen LogP contribution in [0.3, 0.4) is 0 Å². The molecule has 1 fully saturated rings. The van der Waals surface area contributed by atoms with Gasteiger partial charge in [0.2, 0.25) is 11.8 Å². The molecule has 0 spiro atoms. The van der Waals surface area contributed by atoms with E-state index in [-0.39, 0.29) is 37.5 Å².